The molecule has 1 aromatic heterocycles. The van der Waals surface area contributed by atoms with Crippen molar-refractivity contribution < 1.29 is 19.5 Å². The molecule has 0 radical (unpaired) electrons. The van der Waals surface area contributed by atoms with Crippen LogP contribution < -0.4 is 16.4 Å². The third kappa shape index (κ3) is 6.19. The number of amides is 3. The Morgan fingerprint density at radius 1 is 1.40 bits per heavy atom. The standard InChI is InChI=1S/C12H17N3O4S/c13-10(16)4-3-9(11(17)18)15-12(19)14-6-5-8-2-1-7-20-8/h1-2,7,9H,3-6H2,(H2,13,16)(H,17,18)(H2,14,15,19)/t9-/m0/s1. The number of rotatable bonds is 8. The van der Waals surface area contributed by atoms with Crippen molar-refractivity contribution in [2.45, 2.75) is 25.3 Å². The normalized spacial score (nSPS) is 11.6. The maximum absolute atomic E-state index is 11.5. The number of carboxylic acid groups (broad SMARTS) is 1. The fraction of sp³-hybridized carbons (Fsp3) is 0.417. The Balaban J connectivity index is 2.30. The van der Waals surface area contributed by atoms with Crippen molar-refractivity contribution in [3.05, 3.63) is 22.4 Å². The van der Waals surface area contributed by atoms with Gasteiger partial charge in [-0.1, -0.05) is 6.07 Å². The van der Waals surface area contributed by atoms with Gasteiger partial charge in [0.1, 0.15) is 6.04 Å². The van der Waals surface area contributed by atoms with E-state index in [-0.39, 0.29) is 12.8 Å². The molecule has 0 aliphatic heterocycles. The first-order chi connectivity index (χ1) is 9.49. The summed E-state index contributed by atoms with van der Waals surface area (Å²) in [6, 6.07) is 2.18. The molecule has 20 heavy (non-hydrogen) atoms. The predicted molar refractivity (Wildman–Crippen MR) is 74.4 cm³/mol. The van der Waals surface area contributed by atoms with Crippen LogP contribution in [0.25, 0.3) is 0 Å². The van der Waals surface area contributed by atoms with E-state index in [1.54, 1.807) is 11.3 Å². The molecule has 0 fully saturated rings. The molecule has 0 saturated heterocycles. The largest absolute Gasteiger partial charge is 0.480 e. The second kappa shape index (κ2) is 8.16. The number of hydrogen-bond acceptors (Lipinski definition) is 4. The molecular weight excluding hydrogens is 282 g/mol. The van der Waals surface area contributed by atoms with E-state index in [1.165, 1.54) is 0 Å². The first-order valence-corrected chi connectivity index (χ1v) is 6.95. The minimum Gasteiger partial charge on any atom is -0.480 e. The zero-order valence-electron chi connectivity index (χ0n) is 10.8. The van der Waals surface area contributed by atoms with Crippen LogP contribution in [-0.4, -0.2) is 35.6 Å². The summed E-state index contributed by atoms with van der Waals surface area (Å²) >= 11 is 1.59. The summed E-state index contributed by atoms with van der Waals surface area (Å²) in [5, 5.41) is 15.7. The van der Waals surface area contributed by atoms with Gasteiger partial charge >= 0.3 is 12.0 Å². The summed E-state index contributed by atoms with van der Waals surface area (Å²) in [5.74, 6) is -1.80. The number of primary amides is 1. The van der Waals surface area contributed by atoms with Crippen molar-refractivity contribution in [3.63, 3.8) is 0 Å². The molecule has 0 bridgehead atoms. The van der Waals surface area contributed by atoms with Gasteiger partial charge in [-0.05, 0) is 24.3 Å². The summed E-state index contributed by atoms with van der Waals surface area (Å²) in [5.41, 5.74) is 4.95. The van der Waals surface area contributed by atoms with Gasteiger partial charge in [0.15, 0.2) is 0 Å². The molecule has 5 N–H and O–H groups in total. The third-order valence-corrected chi connectivity index (χ3v) is 3.46. The molecule has 8 heteroatoms. The van der Waals surface area contributed by atoms with Gasteiger partial charge in [-0.2, -0.15) is 0 Å². The Morgan fingerprint density at radius 2 is 2.15 bits per heavy atom. The van der Waals surface area contributed by atoms with E-state index < -0.39 is 23.9 Å². The molecule has 1 heterocycles. The fourth-order valence-electron chi connectivity index (χ4n) is 1.51. The van der Waals surface area contributed by atoms with Gasteiger partial charge in [0.05, 0.1) is 0 Å². The minimum atomic E-state index is -1.19. The van der Waals surface area contributed by atoms with Gasteiger partial charge in [0.25, 0.3) is 0 Å². The second-order valence-corrected chi connectivity index (χ2v) is 5.16. The number of carbonyl (C=O) groups excluding carboxylic acids is 2. The third-order valence-electron chi connectivity index (χ3n) is 2.52. The van der Waals surface area contributed by atoms with Crippen molar-refractivity contribution in [3.8, 4) is 0 Å². The van der Waals surface area contributed by atoms with E-state index in [0.717, 1.165) is 4.88 Å². The molecule has 1 atom stereocenters. The van der Waals surface area contributed by atoms with Crippen molar-refractivity contribution in [1.82, 2.24) is 10.6 Å². The lowest BCUT2D eigenvalue weighted by Gasteiger charge is -2.14. The summed E-state index contributed by atoms with van der Waals surface area (Å²) in [6.07, 6.45) is 0.569. The summed E-state index contributed by atoms with van der Waals surface area (Å²) in [7, 11) is 0. The van der Waals surface area contributed by atoms with Crippen LogP contribution in [0.4, 0.5) is 4.79 Å². The number of nitrogens with two attached hydrogens (primary N) is 1. The Bertz CT molecular complexity index is 461. The summed E-state index contributed by atoms with van der Waals surface area (Å²) in [6.45, 7) is 0.411. The van der Waals surface area contributed by atoms with E-state index >= 15 is 0 Å². The zero-order chi connectivity index (χ0) is 15.0. The van der Waals surface area contributed by atoms with Crippen molar-refractivity contribution >= 4 is 29.2 Å². The van der Waals surface area contributed by atoms with Crippen LogP contribution in [0.5, 0.6) is 0 Å². The molecule has 0 saturated carbocycles. The molecule has 0 unspecified atom stereocenters. The number of carboxylic acids is 1. The van der Waals surface area contributed by atoms with Crippen molar-refractivity contribution in [1.29, 1.82) is 0 Å². The molecule has 0 aromatic carbocycles. The van der Waals surface area contributed by atoms with Crippen LogP contribution >= 0.6 is 11.3 Å². The number of carbonyl (C=O) groups is 3. The van der Waals surface area contributed by atoms with Crippen molar-refractivity contribution in [2.75, 3.05) is 6.54 Å². The van der Waals surface area contributed by atoms with Gasteiger partial charge in [-0.25, -0.2) is 9.59 Å². The highest BCUT2D eigenvalue weighted by Crippen LogP contribution is 2.08. The Kier molecular flexibility index (Phi) is 6.51. The van der Waals surface area contributed by atoms with Gasteiger partial charge in [0, 0.05) is 17.8 Å². The maximum atomic E-state index is 11.5. The molecule has 1 rings (SSSR count). The van der Waals surface area contributed by atoms with Crippen molar-refractivity contribution in [2.24, 2.45) is 5.73 Å². The van der Waals surface area contributed by atoms with Crippen LogP contribution in [0.3, 0.4) is 0 Å². The molecule has 3 amide bonds. The van der Waals surface area contributed by atoms with Crippen LogP contribution in [0.15, 0.2) is 17.5 Å². The average Bonchev–Trinajstić information content (AvgIpc) is 2.87. The number of thiophene rings is 1. The number of aliphatic carboxylic acids is 1. The fourth-order valence-corrected chi connectivity index (χ4v) is 2.22. The number of hydrogen-bond donors (Lipinski definition) is 4. The van der Waals surface area contributed by atoms with E-state index in [0.29, 0.717) is 13.0 Å². The SMILES string of the molecule is NC(=O)CC[C@H](NC(=O)NCCc1cccs1)C(=O)O. The topological polar surface area (TPSA) is 122 Å². The number of urea groups is 1. The maximum Gasteiger partial charge on any atom is 0.326 e. The van der Waals surface area contributed by atoms with Crippen LogP contribution in [0, 0.1) is 0 Å². The second-order valence-electron chi connectivity index (χ2n) is 4.13. The molecule has 7 nitrogen and oxygen atoms in total. The Labute approximate surface area is 120 Å². The summed E-state index contributed by atoms with van der Waals surface area (Å²) in [4.78, 5) is 34.2. The quantitative estimate of drug-likeness (QED) is 0.552. The molecule has 0 aliphatic rings. The first kappa shape index (κ1) is 16.0. The van der Waals surface area contributed by atoms with E-state index in [4.69, 9.17) is 10.8 Å². The monoisotopic (exact) mass is 299 g/mol. The van der Waals surface area contributed by atoms with Gasteiger partial charge < -0.3 is 21.5 Å². The summed E-state index contributed by atoms with van der Waals surface area (Å²) < 4.78 is 0. The van der Waals surface area contributed by atoms with Crippen LogP contribution in [0.1, 0.15) is 17.7 Å². The van der Waals surface area contributed by atoms with E-state index in [2.05, 4.69) is 10.6 Å². The lowest BCUT2D eigenvalue weighted by Crippen LogP contribution is -2.46. The van der Waals surface area contributed by atoms with Crippen LogP contribution in [-0.2, 0) is 16.0 Å². The zero-order valence-corrected chi connectivity index (χ0v) is 11.6. The van der Waals surface area contributed by atoms with E-state index in [9.17, 15) is 14.4 Å². The molecule has 0 spiro atoms. The highest BCUT2D eigenvalue weighted by molar-refractivity contribution is 7.09. The average molecular weight is 299 g/mol. The highest BCUT2D eigenvalue weighted by atomic mass is 32.1. The molecular formula is C12H17N3O4S. The lowest BCUT2D eigenvalue weighted by molar-refractivity contribution is -0.139. The molecule has 1 aromatic rings. The molecule has 0 aliphatic carbocycles. The van der Waals surface area contributed by atoms with Gasteiger partial charge in [-0.3, -0.25) is 4.79 Å². The van der Waals surface area contributed by atoms with Gasteiger partial charge in [-0.15, -0.1) is 11.3 Å². The van der Waals surface area contributed by atoms with Gasteiger partial charge in [0.2, 0.25) is 5.91 Å². The lowest BCUT2D eigenvalue weighted by atomic mass is 10.1. The minimum absolute atomic E-state index is 0.0248. The molecule has 110 valence electrons. The highest BCUT2D eigenvalue weighted by Gasteiger charge is 2.20. The van der Waals surface area contributed by atoms with Crippen LogP contribution in [0.2, 0.25) is 0 Å². The number of nitrogens with one attached hydrogen (secondary N) is 2. The first-order valence-electron chi connectivity index (χ1n) is 6.07. The van der Waals surface area contributed by atoms with E-state index in [1.807, 2.05) is 17.5 Å². The Hall–Kier alpha value is -2.09. The predicted octanol–water partition coefficient (Wildman–Crippen LogP) is 0.308. The smallest absolute Gasteiger partial charge is 0.326 e. The Morgan fingerprint density at radius 3 is 2.70 bits per heavy atom.